The van der Waals surface area contributed by atoms with E-state index in [1.165, 1.54) is 14.2 Å². The summed E-state index contributed by atoms with van der Waals surface area (Å²) in [5.74, 6) is -3.73. The Bertz CT molecular complexity index is 1330. The lowest BCUT2D eigenvalue weighted by Crippen LogP contribution is -2.59. The van der Waals surface area contributed by atoms with Crippen molar-refractivity contribution in [1.82, 2.24) is 20.0 Å². The van der Waals surface area contributed by atoms with E-state index in [4.69, 9.17) is 14.2 Å². The topological polar surface area (TPSA) is 155 Å². The van der Waals surface area contributed by atoms with Crippen LogP contribution >= 0.6 is 0 Å². The van der Waals surface area contributed by atoms with Crippen molar-refractivity contribution in [2.45, 2.75) is 123 Å². The van der Waals surface area contributed by atoms with Crippen molar-refractivity contribution in [1.29, 1.82) is 0 Å². The summed E-state index contributed by atoms with van der Waals surface area (Å²) in [6.07, 6.45) is -0.813. The zero-order valence-corrected chi connectivity index (χ0v) is 34.0. The lowest BCUT2D eigenvalue weighted by Gasteiger charge is -2.41. The van der Waals surface area contributed by atoms with Crippen LogP contribution in [0.1, 0.15) is 79.7 Å². The van der Waals surface area contributed by atoms with E-state index in [0.717, 1.165) is 5.56 Å². The van der Waals surface area contributed by atoms with Gasteiger partial charge in [-0.15, -0.1) is 0 Å². The second-order valence-corrected chi connectivity index (χ2v) is 15.4. The molecule has 3 amide bonds. The number of esters is 1. The van der Waals surface area contributed by atoms with Crippen LogP contribution in [0.2, 0.25) is 0 Å². The van der Waals surface area contributed by atoms with Gasteiger partial charge in [0.25, 0.3) is 0 Å². The first-order valence-electron chi connectivity index (χ1n) is 19.0. The molecule has 1 saturated heterocycles. The SMILES string of the molecule is CCC(C)[C@@H]([C@@H](CC(=O)N1CCC[C@H]1[C@H](OC)[C@@H](C)C(=O)OC(Cc1ccccc1)C(=O)O)OC)N(C)C(=O)C(NC(=O)[C@H](C(C)C)N(C)C)C(C)C. The minimum atomic E-state index is -1.38. The van der Waals surface area contributed by atoms with Crippen LogP contribution in [-0.2, 0) is 44.6 Å². The van der Waals surface area contributed by atoms with Crippen LogP contribution in [0, 0.1) is 23.7 Å². The number of nitrogens with one attached hydrogen (secondary N) is 1. The third-order valence-electron chi connectivity index (χ3n) is 10.7. The maximum Gasteiger partial charge on any atom is 0.345 e. The Morgan fingerprint density at radius 2 is 1.57 bits per heavy atom. The quantitative estimate of drug-likeness (QED) is 0.177. The maximum atomic E-state index is 14.2. The lowest BCUT2D eigenvalue weighted by molar-refractivity contribution is -0.171. The van der Waals surface area contributed by atoms with Gasteiger partial charge >= 0.3 is 11.9 Å². The fourth-order valence-corrected chi connectivity index (χ4v) is 7.65. The standard InChI is InChI=1S/C40H66N4O9/c1-13-26(6)35(43(10)38(47)33(24(2)3)41-37(46)34(25(4)5)42(8)9)30(51-11)23-32(45)44-21-17-20-29(44)36(52-12)27(7)40(50)53-31(39(48)49)22-28-18-15-14-16-19-28/h14-16,18-19,24-27,29-31,33-36H,13,17,20-23H2,1-12H3,(H,41,46)(H,48,49)/t26?,27-,29+,30-,31?,33?,34+,35+,36-/m1/s1. The number of carbonyl (C=O) groups excluding carboxylic acids is 4. The monoisotopic (exact) mass is 746 g/mol. The number of carboxylic acid groups (broad SMARTS) is 1. The third-order valence-corrected chi connectivity index (χ3v) is 10.7. The van der Waals surface area contributed by atoms with E-state index in [0.29, 0.717) is 25.8 Å². The number of carboxylic acids is 1. The second kappa shape index (κ2) is 21.4. The van der Waals surface area contributed by atoms with Crippen molar-refractivity contribution in [3.05, 3.63) is 35.9 Å². The Morgan fingerprint density at radius 3 is 2.06 bits per heavy atom. The van der Waals surface area contributed by atoms with Crippen molar-refractivity contribution in [2.75, 3.05) is 41.9 Å². The van der Waals surface area contributed by atoms with Gasteiger partial charge in [0.2, 0.25) is 23.8 Å². The number of amides is 3. The molecule has 0 aliphatic carbocycles. The van der Waals surface area contributed by atoms with Crippen LogP contribution < -0.4 is 5.32 Å². The van der Waals surface area contributed by atoms with Crippen molar-refractivity contribution < 1.29 is 43.3 Å². The highest BCUT2D eigenvalue weighted by Gasteiger charge is 2.44. The van der Waals surface area contributed by atoms with E-state index in [9.17, 15) is 29.1 Å². The van der Waals surface area contributed by atoms with Gasteiger partial charge in [0.1, 0.15) is 6.04 Å². The largest absolute Gasteiger partial charge is 0.478 e. The number of likely N-dealkylation sites (tertiary alicyclic amines) is 1. The molecule has 1 aliphatic rings. The smallest absolute Gasteiger partial charge is 0.345 e. The Labute approximate surface area is 317 Å². The van der Waals surface area contributed by atoms with Crippen molar-refractivity contribution in [3.63, 3.8) is 0 Å². The second-order valence-electron chi connectivity index (χ2n) is 15.4. The molecule has 1 fully saturated rings. The number of benzene rings is 1. The predicted octanol–water partition coefficient (Wildman–Crippen LogP) is 3.87. The van der Waals surface area contributed by atoms with Gasteiger partial charge in [-0.1, -0.05) is 78.3 Å². The molecule has 0 spiro atoms. The highest BCUT2D eigenvalue weighted by atomic mass is 16.6. The number of rotatable bonds is 21. The molecule has 0 radical (unpaired) electrons. The van der Waals surface area contributed by atoms with Crippen molar-refractivity contribution in [3.8, 4) is 0 Å². The zero-order valence-electron chi connectivity index (χ0n) is 34.0. The highest BCUT2D eigenvalue weighted by Crippen LogP contribution is 2.30. The number of nitrogens with zero attached hydrogens (tertiary/aromatic N) is 3. The van der Waals surface area contributed by atoms with Crippen LogP contribution in [0.3, 0.4) is 0 Å². The average molecular weight is 747 g/mol. The van der Waals surface area contributed by atoms with E-state index >= 15 is 0 Å². The Balaban J connectivity index is 2.27. The Hall–Kier alpha value is -3.55. The summed E-state index contributed by atoms with van der Waals surface area (Å²) in [5, 5.41) is 12.8. The van der Waals surface area contributed by atoms with Gasteiger partial charge in [-0.25, -0.2) is 4.79 Å². The van der Waals surface area contributed by atoms with Gasteiger partial charge in [-0.05, 0) is 57.2 Å². The molecule has 13 nitrogen and oxygen atoms in total. The summed E-state index contributed by atoms with van der Waals surface area (Å²) >= 11 is 0. The number of hydrogen-bond donors (Lipinski definition) is 2. The molecule has 1 aromatic rings. The van der Waals surface area contributed by atoms with Crippen LogP contribution in [0.4, 0.5) is 0 Å². The summed E-state index contributed by atoms with van der Waals surface area (Å²) in [4.78, 5) is 72.3. The first kappa shape index (κ1) is 45.6. The van der Waals surface area contributed by atoms with Gasteiger partial charge in [-0.2, -0.15) is 0 Å². The highest BCUT2D eigenvalue weighted by molar-refractivity contribution is 5.90. The molecule has 2 N–H and O–H groups in total. The fraction of sp³-hybridized carbons (Fsp3) is 0.725. The van der Waals surface area contributed by atoms with Crippen LogP contribution in [0.25, 0.3) is 0 Å². The van der Waals surface area contributed by atoms with Crippen molar-refractivity contribution in [2.24, 2.45) is 23.7 Å². The first-order valence-corrected chi connectivity index (χ1v) is 19.0. The minimum Gasteiger partial charge on any atom is -0.478 e. The van der Waals surface area contributed by atoms with E-state index < -0.39 is 60.3 Å². The molecule has 0 saturated carbocycles. The molecule has 0 aromatic heterocycles. The zero-order chi connectivity index (χ0) is 40.2. The maximum absolute atomic E-state index is 14.2. The van der Waals surface area contributed by atoms with E-state index in [2.05, 4.69) is 5.32 Å². The minimum absolute atomic E-state index is 0.0197. The molecular weight excluding hydrogens is 680 g/mol. The summed E-state index contributed by atoms with van der Waals surface area (Å²) in [7, 11) is 8.39. The molecule has 1 heterocycles. The first-order chi connectivity index (χ1) is 24.9. The predicted molar refractivity (Wildman–Crippen MR) is 203 cm³/mol. The summed E-state index contributed by atoms with van der Waals surface area (Å²) in [5.41, 5.74) is 0.723. The number of ether oxygens (including phenoxy) is 3. The molecule has 2 rings (SSSR count). The van der Waals surface area contributed by atoms with Gasteiger partial charge < -0.3 is 34.4 Å². The number of methoxy groups -OCH3 is 2. The molecule has 9 atom stereocenters. The van der Waals surface area contributed by atoms with E-state index in [1.807, 2.05) is 66.6 Å². The van der Waals surface area contributed by atoms with Gasteiger partial charge in [0.15, 0.2) is 0 Å². The van der Waals surface area contributed by atoms with E-state index in [1.54, 1.807) is 48.0 Å². The summed E-state index contributed by atoms with van der Waals surface area (Å²) < 4.78 is 17.3. The van der Waals surface area contributed by atoms with Crippen LogP contribution in [0.5, 0.6) is 0 Å². The van der Waals surface area contributed by atoms with Crippen LogP contribution in [-0.4, -0.2) is 134 Å². The Morgan fingerprint density at radius 1 is 0.943 bits per heavy atom. The molecule has 3 unspecified atom stereocenters. The van der Waals surface area contributed by atoms with Gasteiger partial charge in [-0.3, -0.25) is 24.1 Å². The lowest BCUT2D eigenvalue weighted by atomic mass is 9.89. The van der Waals surface area contributed by atoms with Gasteiger partial charge in [0, 0.05) is 34.2 Å². The van der Waals surface area contributed by atoms with Crippen molar-refractivity contribution >= 4 is 29.7 Å². The molecule has 13 heteroatoms. The number of carbonyl (C=O) groups is 5. The molecule has 0 bridgehead atoms. The number of likely N-dealkylation sites (N-methyl/N-ethyl adjacent to an activating group) is 2. The molecule has 1 aromatic carbocycles. The number of aliphatic carboxylic acids is 1. The Kier molecular flexibility index (Phi) is 18.4. The normalized spacial score (nSPS) is 19.2. The summed E-state index contributed by atoms with van der Waals surface area (Å²) in [6.45, 7) is 13.8. The molecule has 1 aliphatic heterocycles. The fourth-order valence-electron chi connectivity index (χ4n) is 7.65. The van der Waals surface area contributed by atoms with Gasteiger partial charge in [0.05, 0.1) is 42.7 Å². The molecule has 53 heavy (non-hydrogen) atoms. The number of hydrogen-bond acceptors (Lipinski definition) is 9. The molecular formula is C40H66N4O9. The summed E-state index contributed by atoms with van der Waals surface area (Å²) in [6, 6.07) is 6.80. The molecule has 300 valence electrons. The van der Waals surface area contributed by atoms with Crippen LogP contribution in [0.15, 0.2) is 30.3 Å². The third kappa shape index (κ3) is 12.2. The average Bonchev–Trinajstić information content (AvgIpc) is 3.59. The van der Waals surface area contributed by atoms with E-state index in [-0.39, 0.29) is 48.3 Å².